The SMILES string of the molecule is CC.COC(=O)c1ccc(NCCC(=O)O)c([N+](=O)[O-])c1. The van der Waals surface area contributed by atoms with Crippen molar-refractivity contribution in [3.63, 3.8) is 0 Å². The molecule has 21 heavy (non-hydrogen) atoms. The molecule has 0 aliphatic carbocycles. The number of ether oxygens (including phenoxy) is 1. The van der Waals surface area contributed by atoms with Gasteiger partial charge in [0.2, 0.25) is 0 Å². The lowest BCUT2D eigenvalue weighted by molar-refractivity contribution is -0.384. The van der Waals surface area contributed by atoms with E-state index >= 15 is 0 Å². The average molecular weight is 298 g/mol. The van der Waals surface area contributed by atoms with Crippen LogP contribution in [0.2, 0.25) is 0 Å². The topological polar surface area (TPSA) is 119 Å². The van der Waals surface area contributed by atoms with Crippen LogP contribution in [0.4, 0.5) is 11.4 Å². The molecule has 2 N–H and O–H groups in total. The smallest absolute Gasteiger partial charge is 0.338 e. The highest BCUT2D eigenvalue weighted by atomic mass is 16.6. The number of carbonyl (C=O) groups is 2. The number of nitro benzene ring substituents is 1. The summed E-state index contributed by atoms with van der Waals surface area (Å²) in [6.45, 7) is 4.05. The quantitative estimate of drug-likeness (QED) is 0.469. The average Bonchev–Trinajstić information content (AvgIpc) is 2.48. The normalized spacial score (nSPS) is 9.10. The zero-order valence-corrected chi connectivity index (χ0v) is 12.1. The minimum Gasteiger partial charge on any atom is -0.481 e. The Morgan fingerprint density at radius 2 is 2.00 bits per heavy atom. The van der Waals surface area contributed by atoms with Crippen molar-refractivity contribution in [1.29, 1.82) is 0 Å². The van der Waals surface area contributed by atoms with Crippen LogP contribution in [0.1, 0.15) is 30.6 Å². The number of anilines is 1. The van der Waals surface area contributed by atoms with Crippen LogP contribution in [0.15, 0.2) is 18.2 Å². The first-order valence-corrected chi connectivity index (χ1v) is 6.28. The molecule has 0 aliphatic rings. The number of rotatable bonds is 6. The highest BCUT2D eigenvalue weighted by Gasteiger charge is 2.17. The summed E-state index contributed by atoms with van der Waals surface area (Å²) in [7, 11) is 1.17. The molecule has 8 nitrogen and oxygen atoms in total. The molecule has 0 bridgehead atoms. The molecule has 0 spiro atoms. The molecule has 0 saturated heterocycles. The van der Waals surface area contributed by atoms with Gasteiger partial charge in [-0.05, 0) is 12.1 Å². The number of nitrogens with one attached hydrogen (secondary N) is 1. The standard InChI is InChI=1S/C11H12N2O6.C2H6/c1-19-11(16)7-2-3-8(9(6-7)13(17)18)12-5-4-10(14)15;1-2/h2-3,6,12H,4-5H2,1H3,(H,14,15);1-2H3. The molecule has 0 radical (unpaired) electrons. The molecule has 1 rings (SSSR count). The Morgan fingerprint density at radius 1 is 1.38 bits per heavy atom. The molecular weight excluding hydrogens is 280 g/mol. The summed E-state index contributed by atoms with van der Waals surface area (Å²) in [6.07, 6.45) is -0.171. The van der Waals surface area contributed by atoms with E-state index in [4.69, 9.17) is 5.11 Å². The van der Waals surface area contributed by atoms with Crippen molar-refractivity contribution in [2.75, 3.05) is 19.0 Å². The van der Waals surface area contributed by atoms with E-state index in [0.717, 1.165) is 6.07 Å². The fourth-order valence-electron chi connectivity index (χ4n) is 1.38. The number of nitrogens with zero attached hydrogens (tertiary/aromatic N) is 1. The summed E-state index contributed by atoms with van der Waals surface area (Å²) >= 11 is 0. The number of methoxy groups -OCH3 is 1. The number of aliphatic carboxylic acids is 1. The fourth-order valence-corrected chi connectivity index (χ4v) is 1.38. The lowest BCUT2D eigenvalue weighted by Crippen LogP contribution is -2.10. The molecule has 0 unspecified atom stereocenters. The fraction of sp³-hybridized carbons (Fsp3) is 0.385. The van der Waals surface area contributed by atoms with Crippen molar-refractivity contribution in [2.24, 2.45) is 0 Å². The number of hydrogen-bond acceptors (Lipinski definition) is 6. The minimum absolute atomic E-state index is 0.0493. The maximum absolute atomic E-state index is 11.3. The van der Waals surface area contributed by atoms with Gasteiger partial charge in [-0.2, -0.15) is 0 Å². The molecule has 116 valence electrons. The van der Waals surface area contributed by atoms with Gasteiger partial charge in [0, 0.05) is 12.6 Å². The second kappa shape index (κ2) is 9.29. The predicted molar refractivity (Wildman–Crippen MR) is 76.5 cm³/mol. The van der Waals surface area contributed by atoms with Crippen molar-refractivity contribution >= 4 is 23.3 Å². The Hall–Kier alpha value is -2.64. The third-order valence-electron chi connectivity index (χ3n) is 2.27. The highest BCUT2D eigenvalue weighted by Crippen LogP contribution is 2.25. The largest absolute Gasteiger partial charge is 0.481 e. The number of benzene rings is 1. The van der Waals surface area contributed by atoms with E-state index in [2.05, 4.69) is 10.1 Å². The molecule has 1 aromatic rings. The monoisotopic (exact) mass is 298 g/mol. The number of hydrogen-bond donors (Lipinski definition) is 2. The second-order valence-corrected chi connectivity index (χ2v) is 3.55. The van der Waals surface area contributed by atoms with Crippen molar-refractivity contribution < 1.29 is 24.4 Å². The van der Waals surface area contributed by atoms with Gasteiger partial charge in [0.1, 0.15) is 5.69 Å². The Bertz CT molecular complexity index is 515. The first-order valence-electron chi connectivity index (χ1n) is 6.28. The van der Waals surface area contributed by atoms with Gasteiger partial charge in [0.15, 0.2) is 0 Å². The highest BCUT2D eigenvalue weighted by molar-refractivity contribution is 5.91. The van der Waals surface area contributed by atoms with Gasteiger partial charge in [-0.3, -0.25) is 14.9 Å². The Kier molecular flexibility index (Phi) is 8.13. The van der Waals surface area contributed by atoms with Crippen LogP contribution in [0.3, 0.4) is 0 Å². The lowest BCUT2D eigenvalue weighted by Gasteiger charge is -2.07. The van der Waals surface area contributed by atoms with Crippen molar-refractivity contribution in [1.82, 2.24) is 0 Å². The van der Waals surface area contributed by atoms with E-state index in [-0.39, 0.29) is 29.9 Å². The molecule has 1 aromatic carbocycles. The van der Waals surface area contributed by atoms with Gasteiger partial charge in [-0.1, -0.05) is 13.8 Å². The molecule has 0 atom stereocenters. The summed E-state index contributed by atoms with van der Waals surface area (Å²) < 4.78 is 4.46. The van der Waals surface area contributed by atoms with Crippen molar-refractivity contribution in [3.8, 4) is 0 Å². The van der Waals surface area contributed by atoms with Gasteiger partial charge in [0.05, 0.1) is 24.0 Å². The minimum atomic E-state index is -1.01. The van der Waals surface area contributed by atoms with E-state index in [9.17, 15) is 19.7 Å². The van der Waals surface area contributed by atoms with E-state index < -0.39 is 16.9 Å². The Morgan fingerprint density at radius 3 is 2.48 bits per heavy atom. The summed E-state index contributed by atoms with van der Waals surface area (Å²) in [5.74, 6) is -1.69. The number of esters is 1. The molecule has 0 heterocycles. The zero-order chi connectivity index (χ0) is 16.4. The Balaban J connectivity index is 0.00000191. The number of carboxylic acid groups (broad SMARTS) is 1. The summed E-state index contributed by atoms with van der Waals surface area (Å²) in [5.41, 5.74) is -0.106. The number of carboxylic acids is 1. The summed E-state index contributed by atoms with van der Waals surface area (Å²) in [6, 6.07) is 3.78. The third kappa shape index (κ3) is 5.89. The van der Waals surface area contributed by atoms with Gasteiger partial charge in [-0.25, -0.2) is 4.79 Å². The zero-order valence-electron chi connectivity index (χ0n) is 12.1. The number of nitro groups is 1. The predicted octanol–water partition coefficient (Wildman–Crippen LogP) is 2.29. The van der Waals surface area contributed by atoms with Gasteiger partial charge >= 0.3 is 11.9 Å². The van der Waals surface area contributed by atoms with E-state index in [1.807, 2.05) is 13.8 Å². The van der Waals surface area contributed by atoms with E-state index in [1.54, 1.807) is 0 Å². The maximum atomic E-state index is 11.3. The second-order valence-electron chi connectivity index (χ2n) is 3.55. The lowest BCUT2D eigenvalue weighted by atomic mass is 10.1. The molecule has 0 fully saturated rings. The molecule has 8 heteroatoms. The van der Waals surface area contributed by atoms with Crippen LogP contribution in [0.25, 0.3) is 0 Å². The molecular formula is C13H18N2O6. The third-order valence-corrected chi connectivity index (χ3v) is 2.27. The molecule has 0 saturated carbocycles. The van der Waals surface area contributed by atoms with E-state index in [1.165, 1.54) is 19.2 Å². The van der Waals surface area contributed by atoms with Crippen molar-refractivity contribution in [3.05, 3.63) is 33.9 Å². The van der Waals surface area contributed by atoms with Crippen LogP contribution in [0.5, 0.6) is 0 Å². The van der Waals surface area contributed by atoms with Crippen LogP contribution >= 0.6 is 0 Å². The maximum Gasteiger partial charge on any atom is 0.338 e. The van der Waals surface area contributed by atoms with Crippen LogP contribution in [-0.4, -0.2) is 35.6 Å². The van der Waals surface area contributed by atoms with Gasteiger partial charge < -0.3 is 15.2 Å². The number of carbonyl (C=O) groups excluding carboxylic acids is 1. The molecule has 0 aromatic heterocycles. The Labute approximate surface area is 121 Å². The van der Waals surface area contributed by atoms with Gasteiger partial charge in [0.25, 0.3) is 5.69 Å². The first-order chi connectivity index (χ1) is 9.95. The first kappa shape index (κ1) is 18.4. The van der Waals surface area contributed by atoms with E-state index in [0.29, 0.717) is 0 Å². The molecule has 0 aliphatic heterocycles. The molecule has 0 amide bonds. The van der Waals surface area contributed by atoms with Crippen LogP contribution in [-0.2, 0) is 9.53 Å². The van der Waals surface area contributed by atoms with Gasteiger partial charge in [-0.15, -0.1) is 0 Å². The van der Waals surface area contributed by atoms with Crippen LogP contribution in [0, 0.1) is 10.1 Å². The van der Waals surface area contributed by atoms with Crippen molar-refractivity contribution in [2.45, 2.75) is 20.3 Å². The van der Waals surface area contributed by atoms with Crippen LogP contribution < -0.4 is 5.32 Å². The summed E-state index contributed by atoms with van der Waals surface area (Å²) in [5, 5.41) is 22.0. The summed E-state index contributed by atoms with van der Waals surface area (Å²) in [4.78, 5) is 31.8.